The quantitative estimate of drug-likeness (QED) is 0.804. The lowest BCUT2D eigenvalue weighted by molar-refractivity contribution is -0.119. The second-order valence-electron chi connectivity index (χ2n) is 5.35. The van der Waals surface area contributed by atoms with Crippen LogP contribution in [0.3, 0.4) is 0 Å². The van der Waals surface area contributed by atoms with Crippen molar-refractivity contribution in [3.8, 4) is 0 Å². The minimum Gasteiger partial charge on any atom is -0.452 e. The highest BCUT2D eigenvalue weighted by Gasteiger charge is 2.20. The van der Waals surface area contributed by atoms with E-state index in [2.05, 4.69) is 5.32 Å². The summed E-state index contributed by atoms with van der Waals surface area (Å²) in [6.45, 7) is 1.23. The molecule has 0 spiro atoms. The molecule has 2 aromatic carbocycles. The summed E-state index contributed by atoms with van der Waals surface area (Å²) in [7, 11) is -3.59. The molecular formula is C17H16ClNO5S. The Bertz CT molecular complexity index is 924. The van der Waals surface area contributed by atoms with E-state index in [0.717, 1.165) is 11.8 Å². The first-order valence-corrected chi connectivity index (χ1v) is 9.47. The number of carbonyl (C=O) groups excluding carboxylic acids is 2. The molecule has 0 unspecified atom stereocenters. The monoisotopic (exact) mass is 381 g/mol. The van der Waals surface area contributed by atoms with E-state index in [1.165, 1.54) is 24.3 Å². The smallest absolute Gasteiger partial charge is 0.339 e. The Morgan fingerprint density at radius 2 is 1.84 bits per heavy atom. The average Bonchev–Trinajstić information content (AvgIpc) is 2.54. The minimum absolute atomic E-state index is 0.111. The highest BCUT2D eigenvalue weighted by molar-refractivity contribution is 7.90. The first kappa shape index (κ1) is 19.0. The molecule has 0 aromatic heterocycles. The molecule has 8 heteroatoms. The van der Waals surface area contributed by atoms with Gasteiger partial charge < -0.3 is 10.1 Å². The van der Waals surface area contributed by atoms with E-state index in [9.17, 15) is 18.0 Å². The number of ether oxygens (including phenoxy) is 1. The van der Waals surface area contributed by atoms with Gasteiger partial charge in [-0.3, -0.25) is 4.79 Å². The van der Waals surface area contributed by atoms with E-state index >= 15 is 0 Å². The summed E-state index contributed by atoms with van der Waals surface area (Å²) >= 11 is 5.84. The summed E-state index contributed by atoms with van der Waals surface area (Å²) in [5.41, 5.74) is 1.19. The third-order valence-electron chi connectivity index (χ3n) is 3.30. The zero-order valence-electron chi connectivity index (χ0n) is 13.6. The summed E-state index contributed by atoms with van der Waals surface area (Å²) in [6.07, 6.45) is 0.995. The van der Waals surface area contributed by atoms with E-state index in [1.54, 1.807) is 25.1 Å². The standard InChI is InChI=1S/C17H16ClNO5S/c1-11-9-12(18)7-8-14(11)19-16(20)10-24-17(21)13-5-3-4-6-15(13)25(2,22)23/h3-9H,10H2,1-2H3,(H,19,20). The lowest BCUT2D eigenvalue weighted by atomic mass is 10.2. The summed E-state index contributed by atoms with van der Waals surface area (Å²) in [5.74, 6) is -1.43. The Labute approximate surface area is 150 Å². The van der Waals surface area contributed by atoms with Crippen molar-refractivity contribution in [3.63, 3.8) is 0 Å². The maximum absolute atomic E-state index is 12.1. The maximum atomic E-state index is 12.1. The van der Waals surface area contributed by atoms with E-state index < -0.39 is 28.3 Å². The lowest BCUT2D eigenvalue weighted by Crippen LogP contribution is -2.22. The number of halogens is 1. The van der Waals surface area contributed by atoms with Crippen LogP contribution in [0.2, 0.25) is 5.02 Å². The predicted octanol–water partition coefficient (Wildman–Crippen LogP) is 2.85. The molecule has 0 aliphatic carbocycles. The van der Waals surface area contributed by atoms with Gasteiger partial charge in [0.2, 0.25) is 0 Å². The van der Waals surface area contributed by atoms with Gasteiger partial charge in [0.05, 0.1) is 10.5 Å². The number of nitrogens with one attached hydrogen (secondary N) is 1. The molecule has 25 heavy (non-hydrogen) atoms. The van der Waals surface area contributed by atoms with E-state index in [4.69, 9.17) is 16.3 Å². The molecule has 0 aliphatic heterocycles. The number of rotatable bonds is 5. The molecule has 0 atom stereocenters. The van der Waals surface area contributed by atoms with E-state index in [0.29, 0.717) is 10.7 Å². The van der Waals surface area contributed by atoms with Gasteiger partial charge in [-0.25, -0.2) is 13.2 Å². The largest absolute Gasteiger partial charge is 0.452 e. The molecule has 132 valence electrons. The normalized spacial score (nSPS) is 11.0. The van der Waals surface area contributed by atoms with Crippen LogP contribution in [-0.4, -0.2) is 33.2 Å². The van der Waals surface area contributed by atoms with Gasteiger partial charge in [-0.05, 0) is 42.8 Å². The van der Waals surface area contributed by atoms with Crippen LogP contribution in [0.4, 0.5) is 5.69 Å². The number of benzene rings is 2. The highest BCUT2D eigenvalue weighted by Crippen LogP contribution is 2.20. The number of sulfone groups is 1. The van der Waals surface area contributed by atoms with Crippen LogP contribution < -0.4 is 5.32 Å². The Morgan fingerprint density at radius 3 is 2.48 bits per heavy atom. The Morgan fingerprint density at radius 1 is 1.16 bits per heavy atom. The molecule has 6 nitrogen and oxygen atoms in total. The SMILES string of the molecule is Cc1cc(Cl)ccc1NC(=O)COC(=O)c1ccccc1S(C)(=O)=O. The summed E-state index contributed by atoms with van der Waals surface area (Å²) in [6, 6.07) is 10.6. The Hall–Kier alpha value is -2.38. The molecule has 0 bridgehead atoms. The van der Waals surface area contributed by atoms with Crippen LogP contribution in [0, 0.1) is 6.92 Å². The number of carbonyl (C=O) groups is 2. The van der Waals surface area contributed by atoms with Gasteiger partial charge in [0, 0.05) is 17.0 Å². The summed E-state index contributed by atoms with van der Waals surface area (Å²) in [5, 5.41) is 3.14. The number of anilines is 1. The van der Waals surface area contributed by atoms with Crippen molar-refractivity contribution in [3.05, 3.63) is 58.6 Å². The molecular weight excluding hydrogens is 366 g/mol. The fourth-order valence-electron chi connectivity index (χ4n) is 2.12. The van der Waals surface area contributed by atoms with Crippen molar-refractivity contribution in [2.45, 2.75) is 11.8 Å². The topological polar surface area (TPSA) is 89.5 Å². The van der Waals surface area contributed by atoms with Crippen LogP contribution in [0.15, 0.2) is 47.4 Å². The lowest BCUT2D eigenvalue weighted by Gasteiger charge is -2.10. The number of hydrogen-bond acceptors (Lipinski definition) is 5. The second-order valence-corrected chi connectivity index (χ2v) is 7.77. The van der Waals surface area contributed by atoms with E-state index in [-0.39, 0.29) is 10.5 Å². The van der Waals surface area contributed by atoms with Crippen LogP contribution in [-0.2, 0) is 19.4 Å². The van der Waals surface area contributed by atoms with Gasteiger partial charge in [-0.1, -0.05) is 23.7 Å². The molecule has 0 saturated carbocycles. The van der Waals surface area contributed by atoms with Gasteiger partial charge in [0.1, 0.15) is 0 Å². The fraction of sp³-hybridized carbons (Fsp3) is 0.176. The molecule has 2 aromatic rings. The summed E-state index contributed by atoms with van der Waals surface area (Å²) < 4.78 is 28.3. The predicted molar refractivity (Wildman–Crippen MR) is 94.7 cm³/mol. The average molecular weight is 382 g/mol. The molecule has 0 saturated heterocycles. The van der Waals surface area contributed by atoms with Crippen molar-refractivity contribution in [2.24, 2.45) is 0 Å². The summed E-state index contributed by atoms with van der Waals surface area (Å²) in [4.78, 5) is 23.9. The Balaban J connectivity index is 2.04. The highest BCUT2D eigenvalue weighted by atomic mass is 35.5. The van der Waals surface area contributed by atoms with Crippen molar-refractivity contribution in [1.82, 2.24) is 0 Å². The fourth-order valence-corrected chi connectivity index (χ4v) is 3.22. The zero-order chi connectivity index (χ0) is 18.6. The number of hydrogen-bond donors (Lipinski definition) is 1. The van der Waals surface area contributed by atoms with Crippen LogP contribution in [0.25, 0.3) is 0 Å². The second kappa shape index (κ2) is 7.67. The molecule has 0 radical (unpaired) electrons. The Kier molecular flexibility index (Phi) is 5.81. The maximum Gasteiger partial charge on any atom is 0.339 e. The third kappa shape index (κ3) is 5.04. The van der Waals surface area contributed by atoms with E-state index in [1.807, 2.05) is 0 Å². The molecule has 1 N–H and O–H groups in total. The molecule has 2 rings (SSSR count). The van der Waals surface area contributed by atoms with Crippen LogP contribution in [0.5, 0.6) is 0 Å². The van der Waals surface area contributed by atoms with Gasteiger partial charge in [0.25, 0.3) is 5.91 Å². The molecule has 0 heterocycles. The third-order valence-corrected chi connectivity index (χ3v) is 4.69. The molecule has 0 aliphatic rings. The number of amides is 1. The first-order chi connectivity index (χ1) is 11.7. The molecule has 0 fully saturated rings. The van der Waals surface area contributed by atoms with Crippen molar-refractivity contribution in [2.75, 3.05) is 18.2 Å². The zero-order valence-corrected chi connectivity index (χ0v) is 15.1. The minimum atomic E-state index is -3.59. The molecule has 1 amide bonds. The van der Waals surface area contributed by atoms with Crippen LogP contribution >= 0.6 is 11.6 Å². The van der Waals surface area contributed by atoms with Gasteiger partial charge in [-0.15, -0.1) is 0 Å². The van der Waals surface area contributed by atoms with Crippen molar-refractivity contribution in [1.29, 1.82) is 0 Å². The first-order valence-electron chi connectivity index (χ1n) is 7.20. The number of esters is 1. The van der Waals surface area contributed by atoms with Gasteiger partial charge >= 0.3 is 5.97 Å². The van der Waals surface area contributed by atoms with Crippen LogP contribution in [0.1, 0.15) is 15.9 Å². The van der Waals surface area contributed by atoms with Crippen molar-refractivity contribution < 1.29 is 22.7 Å². The van der Waals surface area contributed by atoms with Gasteiger partial charge in [-0.2, -0.15) is 0 Å². The number of aryl methyl sites for hydroxylation is 1. The van der Waals surface area contributed by atoms with Crippen molar-refractivity contribution >= 4 is 39.0 Å². The van der Waals surface area contributed by atoms with Gasteiger partial charge in [0.15, 0.2) is 16.4 Å².